The lowest BCUT2D eigenvalue weighted by Gasteiger charge is -2.28. The van der Waals surface area contributed by atoms with Crippen LogP contribution >= 0.6 is 0 Å². The molecule has 0 spiro atoms. The number of hydrogen-bond acceptors (Lipinski definition) is 5. The Hall–Kier alpha value is -4.78. The molecule has 200 valence electrons. The fourth-order valence-corrected chi connectivity index (χ4v) is 5.36. The van der Waals surface area contributed by atoms with Crippen molar-refractivity contribution in [3.05, 3.63) is 102 Å². The van der Waals surface area contributed by atoms with Crippen LogP contribution in [0.25, 0.3) is 33.5 Å². The highest BCUT2D eigenvalue weighted by molar-refractivity contribution is 5.95. The molecular formula is C33H31N5O2. The number of anilines is 1. The maximum absolute atomic E-state index is 6.32. The van der Waals surface area contributed by atoms with Crippen LogP contribution in [0.15, 0.2) is 91.0 Å². The molecule has 0 amide bonds. The first kappa shape index (κ1) is 24.3. The zero-order valence-corrected chi connectivity index (χ0v) is 22.3. The van der Waals surface area contributed by atoms with Crippen molar-refractivity contribution in [1.29, 1.82) is 0 Å². The first-order valence-electron chi connectivity index (χ1n) is 13.9. The number of nitrogens with one attached hydrogen (secondary N) is 2. The van der Waals surface area contributed by atoms with Crippen LogP contribution in [0.3, 0.4) is 0 Å². The molecule has 2 aromatic heterocycles. The van der Waals surface area contributed by atoms with Gasteiger partial charge in [-0.1, -0.05) is 60.7 Å². The third-order valence-electron chi connectivity index (χ3n) is 7.51. The zero-order chi connectivity index (χ0) is 26.7. The van der Waals surface area contributed by atoms with Crippen LogP contribution in [0.4, 0.5) is 5.69 Å². The first-order valence-corrected chi connectivity index (χ1v) is 13.9. The SMILES string of the molecule is c1ccc(COc2cc3[nH]nc(-c4nc5ccc(N6CCCCC6)cc5[nH]4)c3cc2OCc2ccccc2)cc1. The van der Waals surface area contributed by atoms with Gasteiger partial charge in [-0.3, -0.25) is 5.10 Å². The van der Waals surface area contributed by atoms with Crippen molar-refractivity contribution >= 4 is 27.6 Å². The number of piperidine rings is 1. The Balaban J connectivity index is 1.22. The van der Waals surface area contributed by atoms with Crippen LogP contribution in [0.2, 0.25) is 0 Å². The summed E-state index contributed by atoms with van der Waals surface area (Å²) in [6.07, 6.45) is 3.81. The number of imidazole rings is 1. The Bertz CT molecular complexity index is 1740. The van der Waals surface area contributed by atoms with E-state index in [9.17, 15) is 0 Å². The molecule has 4 aromatic carbocycles. The molecule has 0 saturated carbocycles. The number of nitrogens with zero attached hydrogens (tertiary/aromatic N) is 3. The minimum Gasteiger partial charge on any atom is -0.485 e. The van der Waals surface area contributed by atoms with E-state index in [-0.39, 0.29) is 0 Å². The second-order valence-corrected chi connectivity index (χ2v) is 10.3. The third-order valence-corrected chi connectivity index (χ3v) is 7.51. The lowest BCUT2D eigenvalue weighted by molar-refractivity contribution is 0.256. The lowest BCUT2D eigenvalue weighted by Crippen LogP contribution is -2.29. The monoisotopic (exact) mass is 529 g/mol. The molecule has 7 nitrogen and oxygen atoms in total. The number of H-pyrrole nitrogens is 2. The van der Waals surface area contributed by atoms with Gasteiger partial charge in [-0.25, -0.2) is 4.98 Å². The number of aromatic amines is 2. The number of hydrogen-bond donors (Lipinski definition) is 2. The van der Waals surface area contributed by atoms with Crippen molar-refractivity contribution < 1.29 is 9.47 Å². The van der Waals surface area contributed by atoms with E-state index in [0.29, 0.717) is 24.7 Å². The highest BCUT2D eigenvalue weighted by Gasteiger charge is 2.18. The molecule has 6 aromatic rings. The summed E-state index contributed by atoms with van der Waals surface area (Å²) in [6, 6.07) is 30.7. The van der Waals surface area contributed by atoms with Crippen molar-refractivity contribution in [2.45, 2.75) is 32.5 Å². The molecular weight excluding hydrogens is 498 g/mol. The predicted octanol–water partition coefficient (Wildman–Crippen LogP) is 7.25. The summed E-state index contributed by atoms with van der Waals surface area (Å²) in [5.41, 5.74) is 6.97. The summed E-state index contributed by atoms with van der Waals surface area (Å²) in [6.45, 7) is 3.09. The maximum Gasteiger partial charge on any atom is 0.163 e. The molecule has 0 unspecified atom stereocenters. The van der Waals surface area contributed by atoms with Crippen LogP contribution < -0.4 is 14.4 Å². The Morgan fingerprint density at radius 3 is 2.08 bits per heavy atom. The topological polar surface area (TPSA) is 79.1 Å². The average Bonchev–Trinajstić information content (AvgIpc) is 3.63. The summed E-state index contributed by atoms with van der Waals surface area (Å²) in [5, 5.41) is 8.75. The molecule has 7 heteroatoms. The third kappa shape index (κ3) is 4.98. The van der Waals surface area contributed by atoms with Crippen molar-refractivity contribution in [1.82, 2.24) is 20.2 Å². The minimum absolute atomic E-state index is 0.436. The molecule has 1 fully saturated rings. The highest BCUT2D eigenvalue weighted by atomic mass is 16.5. The van der Waals surface area contributed by atoms with Gasteiger partial charge < -0.3 is 19.4 Å². The molecule has 7 rings (SSSR count). The number of benzene rings is 4. The van der Waals surface area contributed by atoms with Gasteiger partial charge in [0.2, 0.25) is 0 Å². The van der Waals surface area contributed by atoms with E-state index in [1.807, 2.05) is 48.5 Å². The van der Waals surface area contributed by atoms with Crippen molar-refractivity contribution in [2.24, 2.45) is 0 Å². The number of fused-ring (bicyclic) bond motifs is 2. The maximum atomic E-state index is 6.32. The molecule has 0 aliphatic carbocycles. The van der Waals surface area contributed by atoms with E-state index < -0.39 is 0 Å². The summed E-state index contributed by atoms with van der Waals surface area (Å²) >= 11 is 0. The van der Waals surface area contributed by atoms with Gasteiger partial charge in [0.15, 0.2) is 17.3 Å². The van der Waals surface area contributed by atoms with Gasteiger partial charge in [-0.15, -0.1) is 0 Å². The van der Waals surface area contributed by atoms with Crippen LogP contribution in [-0.2, 0) is 13.2 Å². The molecule has 1 aliphatic heterocycles. The molecule has 40 heavy (non-hydrogen) atoms. The second-order valence-electron chi connectivity index (χ2n) is 10.3. The molecule has 0 bridgehead atoms. The Kier molecular flexibility index (Phi) is 6.53. The summed E-state index contributed by atoms with van der Waals surface area (Å²) in [7, 11) is 0. The number of ether oxygens (including phenoxy) is 2. The number of rotatable bonds is 8. The summed E-state index contributed by atoms with van der Waals surface area (Å²) < 4.78 is 12.6. The summed E-state index contributed by atoms with van der Waals surface area (Å²) in [5.74, 6) is 2.06. The fourth-order valence-electron chi connectivity index (χ4n) is 5.36. The molecule has 2 N–H and O–H groups in total. The van der Waals surface area contributed by atoms with Gasteiger partial charge in [0.05, 0.1) is 16.6 Å². The van der Waals surface area contributed by atoms with Gasteiger partial charge >= 0.3 is 0 Å². The van der Waals surface area contributed by atoms with Gasteiger partial charge in [0.1, 0.15) is 18.9 Å². The van der Waals surface area contributed by atoms with E-state index in [2.05, 4.69) is 62.5 Å². The van der Waals surface area contributed by atoms with Crippen molar-refractivity contribution in [3.63, 3.8) is 0 Å². The molecule has 0 radical (unpaired) electrons. The Morgan fingerprint density at radius 1 is 0.700 bits per heavy atom. The second kappa shape index (κ2) is 10.8. The molecule has 3 heterocycles. The summed E-state index contributed by atoms with van der Waals surface area (Å²) in [4.78, 5) is 10.9. The van der Waals surface area contributed by atoms with E-state index in [0.717, 1.165) is 57.7 Å². The van der Waals surface area contributed by atoms with Crippen molar-refractivity contribution in [3.8, 4) is 23.0 Å². The van der Waals surface area contributed by atoms with E-state index in [1.165, 1.54) is 24.9 Å². The van der Waals surface area contributed by atoms with Crippen molar-refractivity contribution in [2.75, 3.05) is 18.0 Å². The van der Waals surface area contributed by atoms with Crippen LogP contribution in [0, 0.1) is 0 Å². The predicted molar refractivity (Wildman–Crippen MR) is 159 cm³/mol. The van der Waals surface area contributed by atoms with Gasteiger partial charge in [0.25, 0.3) is 0 Å². The highest BCUT2D eigenvalue weighted by Crippen LogP contribution is 2.37. The fraction of sp³-hybridized carbons (Fsp3) is 0.212. The van der Waals surface area contributed by atoms with E-state index in [4.69, 9.17) is 14.5 Å². The van der Waals surface area contributed by atoms with Crippen LogP contribution in [-0.4, -0.2) is 33.3 Å². The standard InChI is InChI=1S/C33H31N5O2/c1-4-10-23(11-5-1)21-39-30-19-26-28(20-31(30)40-22-24-12-6-2-7-13-24)36-37-32(26)33-34-27-15-14-25(18-29(27)35-33)38-16-8-3-9-17-38/h1-2,4-7,10-15,18-20H,3,8-9,16-17,21-22H2,(H,34,35)(H,36,37). The number of aromatic nitrogens is 4. The van der Waals surface area contributed by atoms with Crippen LogP contribution in [0.1, 0.15) is 30.4 Å². The van der Waals surface area contributed by atoms with Gasteiger partial charge in [0, 0.05) is 30.2 Å². The van der Waals surface area contributed by atoms with Gasteiger partial charge in [-0.2, -0.15) is 5.10 Å². The van der Waals surface area contributed by atoms with E-state index in [1.54, 1.807) is 0 Å². The smallest absolute Gasteiger partial charge is 0.163 e. The molecule has 1 saturated heterocycles. The average molecular weight is 530 g/mol. The molecule has 1 aliphatic rings. The Morgan fingerprint density at radius 2 is 1.38 bits per heavy atom. The minimum atomic E-state index is 0.436. The zero-order valence-electron chi connectivity index (χ0n) is 22.3. The lowest BCUT2D eigenvalue weighted by atomic mass is 10.1. The van der Waals surface area contributed by atoms with Gasteiger partial charge in [-0.05, 0) is 54.7 Å². The quantitative estimate of drug-likeness (QED) is 0.217. The molecule has 0 atom stereocenters. The normalized spacial score (nSPS) is 13.7. The largest absolute Gasteiger partial charge is 0.485 e. The van der Waals surface area contributed by atoms with Crippen LogP contribution in [0.5, 0.6) is 11.5 Å². The first-order chi connectivity index (χ1) is 19.8. The Labute approximate surface area is 232 Å². The van der Waals surface area contributed by atoms with E-state index >= 15 is 0 Å².